The summed E-state index contributed by atoms with van der Waals surface area (Å²) in [6.07, 6.45) is 6.38. The molecule has 0 N–H and O–H groups in total. The SMILES string of the molecule is C1=Cc2cccc(-c3nc(-c4ccc5ccccc5c4)nc(-c4cc5c(cc4-n4c6ccccc6c6cc7ccccc7cc64)oc4ccccc45)n3)c2CC1. The first kappa shape index (κ1) is 31.0. The molecule has 8 aromatic carbocycles. The van der Waals surface area contributed by atoms with E-state index in [0.717, 1.165) is 73.6 Å². The van der Waals surface area contributed by atoms with Crippen molar-refractivity contribution < 1.29 is 4.42 Å². The number of rotatable bonds is 4. The van der Waals surface area contributed by atoms with Crippen LogP contribution in [0, 0.1) is 0 Å². The minimum absolute atomic E-state index is 0.607. The lowest BCUT2D eigenvalue weighted by Crippen LogP contribution is -2.06. The lowest BCUT2D eigenvalue weighted by atomic mass is 9.92. The Labute approximate surface area is 321 Å². The van der Waals surface area contributed by atoms with Gasteiger partial charge in [0.25, 0.3) is 0 Å². The molecule has 5 heteroatoms. The van der Waals surface area contributed by atoms with Gasteiger partial charge in [-0.25, -0.2) is 15.0 Å². The summed E-state index contributed by atoms with van der Waals surface area (Å²) in [5.74, 6) is 1.91. The molecule has 0 bridgehead atoms. The highest BCUT2D eigenvalue weighted by atomic mass is 16.3. The lowest BCUT2D eigenvalue weighted by Gasteiger charge is -2.17. The molecule has 3 heterocycles. The molecule has 262 valence electrons. The van der Waals surface area contributed by atoms with Crippen LogP contribution in [0.5, 0.6) is 0 Å². The first-order valence-corrected chi connectivity index (χ1v) is 19.2. The summed E-state index contributed by atoms with van der Waals surface area (Å²) in [5, 5.41) is 9.14. The van der Waals surface area contributed by atoms with Crippen LogP contribution in [0.25, 0.3) is 111 Å². The third kappa shape index (κ3) is 4.77. The van der Waals surface area contributed by atoms with Crippen LogP contribution in [0.2, 0.25) is 0 Å². The van der Waals surface area contributed by atoms with Crippen LogP contribution >= 0.6 is 0 Å². The van der Waals surface area contributed by atoms with Crippen molar-refractivity contribution >= 4 is 71.4 Å². The molecular formula is C51H32N4O. The Morgan fingerprint density at radius 1 is 0.464 bits per heavy atom. The van der Waals surface area contributed by atoms with Crippen molar-refractivity contribution in [3.05, 3.63) is 175 Å². The van der Waals surface area contributed by atoms with E-state index < -0.39 is 0 Å². The van der Waals surface area contributed by atoms with E-state index in [0.29, 0.717) is 17.5 Å². The summed E-state index contributed by atoms with van der Waals surface area (Å²) in [7, 11) is 0. The van der Waals surface area contributed by atoms with Crippen molar-refractivity contribution in [3.8, 4) is 39.9 Å². The fourth-order valence-electron chi connectivity index (χ4n) is 8.80. The number of hydrogen-bond acceptors (Lipinski definition) is 4. The average molecular weight is 717 g/mol. The summed E-state index contributed by atoms with van der Waals surface area (Å²) >= 11 is 0. The van der Waals surface area contributed by atoms with Crippen LogP contribution in [-0.4, -0.2) is 19.5 Å². The second kappa shape index (κ2) is 12.1. The predicted molar refractivity (Wildman–Crippen MR) is 230 cm³/mol. The fourth-order valence-corrected chi connectivity index (χ4v) is 8.80. The van der Waals surface area contributed by atoms with E-state index in [2.05, 4.69) is 162 Å². The van der Waals surface area contributed by atoms with Crippen molar-refractivity contribution in [2.24, 2.45) is 0 Å². The molecule has 1 aliphatic rings. The van der Waals surface area contributed by atoms with Gasteiger partial charge in [-0.2, -0.15) is 0 Å². The molecule has 0 amide bonds. The Balaban J connectivity index is 1.21. The van der Waals surface area contributed by atoms with Crippen molar-refractivity contribution in [1.82, 2.24) is 19.5 Å². The third-order valence-electron chi connectivity index (χ3n) is 11.5. The number of furan rings is 1. The van der Waals surface area contributed by atoms with Gasteiger partial charge in [0.15, 0.2) is 17.5 Å². The molecule has 0 fully saturated rings. The number of fused-ring (bicyclic) bond motifs is 9. The van der Waals surface area contributed by atoms with Crippen molar-refractivity contribution in [2.75, 3.05) is 0 Å². The zero-order chi connectivity index (χ0) is 36.7. The number of benzene rings is 8. The number of nitrogens with zero attached hydrogens (tertiary/aromatic N) is 4. The van der Waals surface area contributed by atoms with E-state index >= 15 is 0 Å². The van der Waals surface area contributed by atoms with Gasteiger partial charge >= 0.3 is 0 Å². The molecule has 1 aliphatic carbocycles. The molecule has 11 aromatic rings. The first-order chi connectivity index (χ1) is 27.7. The first-order valence-electron chi connectivity index (χ1n) is 19.2. The van der Waals surface area contributed by atoms with Crippen LogP contribution in [0.4, 0.5) is 0 Å². The second-order valence-corrected chi connectivity index (χ2v) is 14.7. The van der Waals surface area contributed by atoms with Crippen LogP contribution in [0.15, 0.2) is 168 Å². The summed E-state index contributed by atoms with van der Waals surface area (Å²) < 4.78 is 8.96. The standard InChI is InChI=1S/C51H32N4O/c1-2-14-33-26-36(25-24-31(33)12-1)49-52-50(40-21-11-17-32-13-5-6-18-37(32)40)54-51(53-49)43-29-42-39-20-8-10-23-47(39)56-48(42)30-46(43)55-44-22-9-7-19-38(44)41-27-34-15-3-4-16-35(34)28-45(41)55/h1-5,7-17,19-30H,6,18H2. The maximum atomic E-state index is 6.59. The smallest absolute Gasteiger partial charge is 0.166 e. The van der Waals surface area contributed by atoms with Gasteiger partial charge in [0.1, 0.15) is 11.2 Å². The van der Waals surface area contributed by atoms with Crippen molar-refractivity contribution in [2.45, 2.75) is 12.8 Å². The fraction of sp³-hybridized carbons (Fsp3) is 0.0392. The predicted octanol–water partition coefficient (Wildman–Crippen LogP) is 13.1. The maximum Gasteiger partial charge on any atom is 0.166 e. The van der Waals surface area contributed by atoms with Crippen molar-refractivity contribution in [3.63, 3.8) is 0 Å². The minimum Gasteiger partial charge on any atom is -0.456 e. The number of aromatic nitrogens is 4. The van der Waals surface area contributed by atoms with E-state index in [1.165, 1.54) is 38.1 Å². The molecule has 56 heavy (non-hydrogen) atoms. The molecule has 0 spiro atoms. The molecule has 0 radical (unpaired) electrons. The monoisotopic (exact) mass is 716 g/mol. The van der Waals surface area contributed by atoms with Gasteiger partial charge in [-0.05, 0) is 81.9 Å². The second-order valence-electron chi connectivity index (χ2n) is 14.7. The van der Waals surface area contributed by atoms with Crippen LogP contribution in [0.3, 0.4) is 0 Å². The van der Waals surface area contributed by atoms with Gasteiger partial charge in [0, 0.05) is 44.3 Å². The summed E-state index contributed by atoms with van der Waals surface area (Å²) in [4.78, 5) is 16.1. The third-order valence-corrected chi connectivity index (χ3v) is 11.5. The molecule has 0 unspecified atom stereocenters. The zero-order valence-electron chi connectivity index (χ0n) is 30.3. The molecular weight excluding hydrogens is 685 g/mol. The highest BCUT2D eigenvalue weighted by molar-refractivity contribution is 6.15. The Bertz CT molecular complexity index is 3440. The van der Waals surface area contributed by atoms with Gasteiger partial charge in [0.05, 0.1) is 16.7 Å². The van der Waals surface area contributed by atoms with Gasteiger partial charge in [0.2, 0.25) is 0 Å². The van der Waals surface area contributed by atoms with Crippen LogP contribution < -0.4 is 0 Å². The summed E-state index contributed by atoms with van der Waals surface area (Å²) in [6.45, 7) is 0. The Morgan fingerprint density at radius 2 is 1.18 bits per heavy atom. The van der Waals surface area contributed by atoms with E-state index in [4.69, 9.17) is 19.4 Å². The van der Waals surface area contributed by atoms with E-state index in [-0.39, 0.29) is 0 Å². The Kier molecular flexibility index (Phi) is 6.69. The molecule has 0 atom stereocenters. The maximum absolute atomic E-state index is 6.59. The highest BCUT2D eigenvalue weighted by Gasteiger charge is 2.23. The largest absolute Gasteiger partial charge is 0.456 e. The lowest BCUT2D eigenvalue weighted by molar-refractivity contribution is 0.668. The Hall–Kier alpha value is -7.37. The molecule has 0 saturated carbocycles. The van der Waals surface area contributed by atoms with Gasteiger partial charge in [-0.15, -0.1) is 0 Å². The number of para-hydroxylation sites is 2. The van der Waals surface area contributed by atoms with Gasteiger partial charge in [-0.3, -0.25) is 0 Å². The Morgan fingerprint density at radius 3 is 2.05 bits per heavy atom. The normalized spacial score (nSPS) is 12.8. The average Bonchev–Trinajstić information content (AvgIpc) is 3.79. The topological polar surface area (TPSA) is 56.7 Å². The molecule has 12 rings (SSSR count). The van der Waals surface area contributed by atoms with Crippen molar-refractivity contribution in [1.29, 1.82) is 0 Å². The zero-order valence-corrected chi connectivity index (χ0v) is 30.3. The highest BCUT2D eigenvalue weighted by Crippen LogP contribution is 2.42. The molecule has 0 saturated heterocycles. The van der Waals surface area contributed by atoms with E-state index in [9.17, 15) is 0 Å². The van der Waals surface area contributed by atoms with Crippen LogP contribution in [-0.2, 0) is 6.42 Å². The van der Waals surface area contributed by atoms with Crippen LogP contribution in [0.1, 0.15) is 17.5 Å². The minimum atomic E-state index is 0.607. The quantitative estimate of drug-likeness (QED) is 0.182. The van der Waals surface area contributed by atoms with Gasteiger partial charge < -0.3 is 8.98 Å². The van der Waals surface area contributed by atoms with E-state index in [1.54, 1.807) is 0 Å². The molecule has 3 aromatic heterocycles. The number of hydrogen-bond donors (Lipinski definition) is 0. The molecule has 0 aliphatic heterocycles. The van der Waals surface area contributed by atoms with E-state index in [1.807, 2.05) is 12.1 Å². The summed E-state index contributed by atoms with van der Waals surface area (Å²) in [6, 6.07) is 55.9. The number of allylic oxidation sites excluding steroid dienone is 1. The molecule has 5 nitrogen and oxygen atoms in total. The summed E-state index contributed by atoms with van der Waals surface area (Å²) in [5.41, 5.74) is 10.2. The van der Waals surface area contributed by atoms with Gasteiger partial charge in [-0.1, -0.05) is 127 Å².